The maximum atomic E-state index is 13.7. The molecule has 1 nitrogen and oxygen atoms in total. The van der Waals surface area contributed by atoms with E-state index in [1.165, 1.54) is 11.8 Å². The molecule has 1 unspecified atom stereocenters. The lowest BCUT2D eigenvalue weighted by Gasteiger charge is -2.21. The number of ketones is 1. The van der Waals surface area contributed by atoms with Crippen molar-refractivity contribution in [3.63, 3.8) is 0 Å². The van der Waals surface area contributed by atoms with Gasteiger partial charge in [0.05, 0.1) is 0 Å². The highest BCUT2D eigenvalue weighted by Gasteiger charge is 2.24. The van der Waals surface area contributed by atoms with Crippen molar-refractivity contribution in [2.24, 2.45) is 5.92 Å². The molecule has 0 spiro atoms. The molecule has 0 amide bonds. The van der Waals surface area contributed by atoms with Crippen molar-refractivity contribution in [3.8, 4) is 0 Å². The second-order valence-corrected chi connectivity index (χ2v) is 5.46. The molecule has 1 aliphatic carbocycles. The van der Waals surface area contributed by atoms with E-state index in [-0.39, 0.29) is 17.5 Å². The zero-order chi connectivity index (χ0) is 12.3. The standard InChI is InChI=1S/C14H15FOS/c1-10(16)11-7-8-13(15)14(9-11)17-12-5-3-2-4-6-12/h2-6,11H,7-9H2,1H3. The van der Waals surface area contributed by atoms with Gasteiger partial charge < -0.3 is 0 Å². The lowest BCUT2D eigenvalue weighted by Crippen LogP contribution is -2.15. The van der Waals surface area contributed by atoms with Crippen LogP contribution >= 0.6 is 11.8 Å². The Balaban J connectivity index is 2.11. The predicted molar refractivity (Wildman–Crippen MR) is 68.5 cm³/mol. The summed E-state index contributed by atoms with van der Waals surface area (Å²) in [5.41, 5.74) is 0. The number of thioether (sulfide) groups is 1. The van der Waals surface area contributed by atoms with Crippen LogP contribution in [0.15, 0.2) is 46.0 Å². The molecule has 0 saturated carbocycles. The first-order chi connectivity index (χ1) is 8.16. The zero-order valence-electron chi connectivity index (χ0n) is 9.78. The van der Waals surface area contributed by atoms with Gasteiger partial charge in [-0.15, -0.1) is 0 Å². The van der Waals surface area contributed by atoms with E-state index in [2.05, 4.69) is 0 Å². The molecular formula is C14H15FOS. The van der Waals surface area contributed by atoms with Gasteiger partial charge in [-0.25, -0.2) is 4.39 Å². The molecule has 1 aromatic rings. The average Bonchev–Trinajstić information content (AvgIpc) is 2.33. The Kier molecular flexibility index (Phi) is 4.00. The maximum Gasteiger partial charge on any atom is 0.133 e. The molecule has 0 aliphatic heterocycles. The van der Waals surface area contributed by atoms with Crippen LogP contribution in [0.3, 0.4) is 0 Å². The first-order valence-electron chi connectivity index (χ1n) is 5.77. The van der Waals surface area contributed by atoms with Gasteiger partial charge >= 0.3 is 0 Å². The summed E-state index contributed by atoms with van der Waals surface area (Å²) in [6.07, 6.45) is 1.61. The largest absolute Gasteiger partial charge is 0.300 e. The van der Waals surface area contributed by atoms with Crippen molar-refractivity contribution in [3.05, 3.63) is 41.1 Å². The monoisotopic (exact) mass is 250 g/mol. The summed E-state index contributed by atoms with van der Waals surface area (Å²) < 4.78 is 13.7. The average molecular weight is 250 g/mol. The Morgan fingerprint density at radius 3 is 2.71 bits per heavy atom. The minimum Gasteiger partial charge on any atom is -0.300 e. The molecule has 1 aliphatic rings. The minimum atomic E-state index is -0.0450. The summed E-state index contributed by atoms with van der Waals surface area (Å²) in [4.78, 5) is 13.1. The summed E-state index contributed by atoms with van der Waals surface area (Å²) in [6, 6.07) is 9.73. The Morgan fingerprint density at radius 2 is 2.06 bits per heavy atom. The molecule has 3 heteroatoms. The number of rotatable bonds is 3. The summed E-state index contributed by atoms with van der Waals surface area (Å²) in [6.45, 7) is 1.60. The first kappa shape index (κ1) is 12.4. The SMILES string of the molecule is CC(=O)C1CCC(F)=C(Sc2ccccc2)C1. The third-order valence-corrected chi connectivity index (χ3v) is 4.15. The van der Waals surface area contributed by atoms with Crippen LogP contribution in [0.1, 0.15) is 26.2 Å². The van der Waals surface area contributed by atoms with Crippen molar-refractivity contribution >= 4 is 17.5 Å². The number of carbonyl (C=O) groups excluding carboxylic acids is 1. The quantitative estimate of drug-likeness (QED) is 0.793. The molecule has 0 saturated heterocycles. The molecule has 1 aromatic carbocycles. The molecule has 0 radical (unpaired) electrons. The summed E-state index contributed by atoms with van der Waals surface area (Å²) in [5, 5.41) is 0. The van der Waals surface area contributed by atoms with E-state index in [1.807, 2.05) is 30.3 Å². The Morgan fingerprint density at radius 1 is 1.35 bits per heavy atom. The van der Waals surface area contributed by atoms with Gasteiger partial charge in [0.2, 0.25) is 0 Å². The molecule has 90 valence electrons. The topological polar surface area (TPSA) is 17.1 Å². The Hall–Kier alpha value is -1.09. The first-order valence-corrected chi connectivity index (χ1v) is 6.59. The van der Waals surface area contributed by atoms with Crippen LogP contribution in [0, 0.1) is 5.92 Å². The number of halogens is 1. The van der Waals surface area contributed by atoms with Gasteiger partial charge in [0.1, 0.15) is 11.6 Å². The highest BCUT2D eigenvalue weighted by Crippen LogP contribution is 2.40. The molecule has 0 aromatic heterocycles. The molecule has 0 N–H and O–H groups in total. The van der Waals surface area contributed by atoms with E-state index in [0.29, 0.717) is 19.3 Å². The molecule has 2 rings (SSSR count). The van der Waals surface area contributed by atoms with E-state index in [4.69, 9.17) is 0 Å². The van der Waals surface area contributed by atoms with Gasteiger partial charge in [-0.1, -0.05) is 30.0 Å². The summed E-state index contributed by atoms with van der Waals surface area (Å²) >= 11 is 1.45. The fourth-order valence-corrected chi connectivity index (χ4v) is 3.03. The summed E-state index contributed by atoms with van der Waals surface area (Å²) in [5.74, 6) is 0.126. The second-order valence-electron chi connectivity index (χ2n) is 4.29. The van der Waals surface area contributed by atoms with Crippen LogP contribution in [-0.4, -0.2) is 5.78 Å². The highest BCUT2D eigenvalue weighted by atomic mass is 32.2. The third-order valence-electron chi connectivity index (χ3n) is 3.01. The van der Waals surface area contributed by atoms with Crippen molar-refractivity contribution in [2.45, 2.75) is 31.1 Å². The molecule has 1 atom stereocenters. The van der Waals surface area contributed by atoms with Crippen LogP contribution < -0.4 is 0 Å². The smallest absolute Gasteiger partial charge is 0.133 e. The van der Waals surface area contributed by atoms with E-state index < -0.39 is 0 Å². The van der Waals surface area contributed by atoms with E-state index in [9.17, 15) is 9.18 Å². The van der Waals surface area contributed by atoms with Crippen molar-refractivity contribution < 1.29 is 9.18 Å². The lowest BCUT2D eigenvalue weighted by atomic mass is 9.90. The fraction of sp³-hybridized carbons (Fsp3) is 0.357. The Bertz CT molecular complexity index is 439. The number of benzene rings is 1. The van der Waals surface area contributed by atoms with Crippen molar-refractivity contribution in [1.82, 2.24) is 0 Å². The van der Waals surface area contributed by atoms with Gasteiger partial charge in [-0.2, -0.15) is 0 Å². The predicted octanol–water partition coefficient (Wildman–Crippen LogP) is 4.35. The number of allylic oxidation sites excluding steroid dienone is 2. The summed E-state index contributed by atoms with van der Waals surface area (Å²) in [7, 11) is 0. The number of carbonyl (C=O) groups is 1. The van der Waals surface area contributed by atoms with Gasteiger partial charge in [0.15, 0.2) is 0 Å². The van der Waals surface area contributed by atoms with Gasteiger partial charge in [0, 0.05) is 22.1 Å². The van der Waals surface area contributed by atoms with Crippen molar-refractivity contribution in [1.29, 1.82) is 0 Å². The van der Waals surface area contributed by atoms with Crippen LogP contribution in [-0.2, 0) is 4.79 Å². The van der Waals surface area contributed by atoms with E-state index >= 15 is 0 Å². The van der Waals surface area contributed by atoms with Gasteiger partial charge in [0.25, 0.3) is 0 Å². The molecule has 0 heterocycles. The van der Waals surface area contributed by atoms with Crippen LogP contribution in [0.4, 0.5) is 4.39 Å². The molecule has 0 fully saturated rings. The normalized spacial score (nSPS) is 20.5. The van der Waals surface area contributed by atoms with Crippen LogP contribution in [0.5, 0.6) is 0 Å². The van der Waals surface area contributed by atoms with Gasteiger partial charge in [-0.3, -0.25) is 4.79 Å². The molecular weight excluding hydrogens is 235 g/mol. The Labute approximate surface area is 105 Å². The highest BCUT2D eigenvalue weighted by molar-refractivity contribution is 8.03. The number of hydrogen-bond donors (Lipinski definition) is 0. The second kappa shape index (κ2) is 5.50. The molecule has 0 bridgehead atoms. The fourth-order valence-electron chi connectivity index (χ4n) is 1.95. The van der Waals surface area contributed by atoms with Crippen LogP contribution in [0.2, 0.25) is 0 Å². The zero-order valence-corrected chi connectivity index (χ0v) is 10.6. The van der Waals surface area contributed by atoms with Gasteiger partial charge in [-0.05, 0) is 31.9 Å². The van der Waals surface area contributed by atoms with E-state index in [0.717, 1.165) is 9.80 Å². The third kappa shape index (κ3) is 3.19. The lowest BCUT2D eigenvalue weighted by molar-refractivity contribution is -0.121. The van der Waals surface area contributed by atoms with E-state index in [1.54, 1.807) is 6.92 Å². The maximum absolute atomic E-state index is 13.7. The van der Waals surface area contributed by atoms with Crippen molar-refractivity contribution in [2.75, 3.05) is 0 Å². The minimum absolute atomic E-state index is 0.000659. The molecule has 17 heavy (non-hydrogen) atoms. The number of Topliss-reactive ketones (excluding diaryl/α,β-unsaturated/α-hetero) is 1. The van der Waals surface area contributed by atoms with Crippen LogP contribution in [0.25, 0.3) is 0 Å². The number of hydrogen-bond acceptors (Lipinski definition) is 2.